The first-order chi connectivity index (χ1) is 38.2. The summed E-state index contributed by atoms with van der Waals surface area (Å²) in [4.78, 5) is 27.4. The Morgan fingerprint density at radius 2 is 0.654 bits per heavy atom. The van der Waals surface area contributed by atoms with Crippen molar-refractivity contribution < 1.29 is 9.85 Å². The molecule has 1 aliphatic rings. The van der Waals surface area contributed by atoms with Crippen LogP contribution < -0.4 is 41.1 Å². The van der Waals surface area contributed by atoms with E-state index in [-0.39, 0.29) is 11.4 Å². The van der Waals surface area contributed by atoms with Crippen molar-refractivity contribution in [2.24, 2.45) is 0 Å². The van der Waals surface area contributed by atoms with Gasteiger partial charge < -0.3 is 9.80 Å². The fourth-order valence-electron chi connectivity index (χ4n) is 7.93. The summed E-state index contributed by atoms with van der Waals surface area (Å²) in [6.07, 6.45) is 8.41. The lowest BCUT2D eigenvalue weighted by atomic mass is 10.1. The highest BCUT2D eigenvalue weighted by atomic mass is 16.6. The van der Waals surface area contributed by atoms with E-state index in [9.17, 15) is 20.2 Å². The molecular weight excluding hydrogens is 961 g/mol. The topological polar surface area (TPSA) is 92.8 Å². The monoisotopic (exact) mass is 1010 g/mol. The maximum Gasteiger partial charge on any atom is 0.270 e. The van der Waals surface area contributed by atoms with Crippen molar-refractivity contribution in [1.82, 2.24) is 0 Å². The summed E-state index contributed by atoms with van der Waals surface area (Å²) < 4.78 is 0. The van der Waals surface area contributed by atoms with E-state index >= 15 is 0 Å². The molecule has 0 heterocycles. The average molecular weight is 1010 g/mol. The fourth-order valence-corrected chi connectivity index (χ4v) is 7.93. The molecule has 374 valence electrons. The quantitative estimate of drug-likeness (QED) is 0.0544. The zero-order valence-electron chi connectivity index (χ0n) is 44.0. The Bertz CT molecular complexity index is 4280. The number of benzene rings is 5. The number of hydrogen-bond donors (Lipinski definition) is 0. The van der Waals surface area contributed by atoms with Crippen molar-refractivity contribution in [2.45, 2.75) is 79.1 Å². The summed E-state index contributed by atoms with van der Waals surface area (Å²) in [5.41, 5.74) is 38.2. The second kappa shape index (κ2) is 28.6. The summed E-state index contributed by atoms with van der Waals surface area (Å²) in [6, 6.07) is 60.6. The van der Waals surface area contributed by atoms with E-state index in [0.717, 1.165) is 88.9 Å². The molecule has 0 bridgehead atoms. The van der Waals surface area contributed by atoms with Gasteiger partial charge in [0.25, 0.3) is 11.4 Å². The molecule has 0 N–H and O–H groups in total. The van der Waals surface area contributed by atoms with Crippen LogP contribution in [0.4, 0.5) is 22.7 Å². The number of fused-ring (bicyclic) bond motifs is 6. The van der Waals surface area contributed by atoms with Crippen LogP contribution in [0.1, 0.15) is 79.1 Å². The molecule has 0 saturated carbocycles. The van der Waals surface area contributed by atoms with Crippen molar-refractivity contribution >= 4 is 89.5 Å². The van der Waals surface area contributed by atoms with E-state index in [1.165, 1.54) is 24.3 Å². The number of nitrogens with zero attached hydrogens (tertiary/aromatic N) is 4. The number of rotatable bonds is 16. The molecule has 6 aromatic rings. The van der Waals surface area contributed by atoms with E-state index in [0.29, 0.717) is 63.6 Å². The Kier molecular flexibility index (Phi) is 20.2. The molecule has 0 amide bonds. The second-order valence-electron chi connectivity index (χ2n) is 17.8. The van der Waals surface area contributed by atoms with Gasteiger partial charge in [0.05, 0.1) is 9.85 Å². The van der Waals surface area contributed by atoms with Crippen molar-refractivity contribution in [3.63, 3.8) is 0 Å². The predicted molar refractivity (Wildman–Crippen MR) is 307 cm³/mol. The number of hydrogen-bond acceptors (Lipinski definition) is 6. The molecule has 1 aliphatic carbocycles. The molecule has 0 atom stereocenters. The third kappa shape index (κ3) is 15.6. The minimum Gasteiger partial charge on any atom is -0.372 e. The van der Waals surface area contributed by atoms with E-state index in [4.69, 9.17) is 0 Å². The normalized spacial score (nSPS) is 10.0. The molecule has 6 aromatic carbocycles. The van der Waals surface area contributed by atoms with Crippen LogP contribution in [0.5, 0.6) is 0 Å². The first-order valence-corrected chi connectivity index (χ1v) is 25.8. The van der Waals surface area contributed by atoms with Crippen molar-refractivity contribution in [3.05, 3.63) is 244 Å². The summed E-state index contributed by atoms with van der Waals surface area (Å²) in [7, 11) is 0. The maximum atomic E-state index is 11.8. The Balaban J connectivity index is 1.61. The van der Waals surface area contributed by atoms with Gasteiger partial charge in [-0.15, -0.1) is 0 Å². The van der Waals surface area contributed by atoms with Gasteiger partial charge in [-0.1, -0.05) is 124 Å². The lowest BCUT2D eigenvalue weighted by Crippen LogP contribution is -2.29. The average Bonchev–Trinajstić information content (AvgIpc) is 3.46. The van der Waals surface area contributed by atoms with E-state index in [2.05, 4.69) is 191 Å². The molecule has 0 unspecified atom stereocenters. The van der Waals surface area contributed by atoms with Gasteiger partial charge in [-0.2, -0.15) is 0 Å². The number of non-ortho nitro benzene ring substituents is 2. The highest BCUT2D eigenvalue weighted by Crippen LogP contribution is 2.21. The third-order valence-corrected chi connectivity index (χ3v) is 12.2. The summed E-state index contributed by atoms with van der Waals surface area (Å²) >= 11 is 0. The molecular formula is C70H50N4O4. The van der Waals surface area contributed by atoms with Crippen LogP contribution in [0.3, 0.4) is 0 Å². The van der Waals surface area contributed by atoms with E-state index < -0.39 is 9.85 Å². The first-order valence-electron chi connectivity index (χ1n) is 25.8. The molecule has 0 fully saturated rings. The van der Waals surface area contributed by atoms with Gasteiger partial charge in [0.2, 0.25) is 0 Å². The van der Waals surface area contributed by atoms with Gasteiger partial charge in [0, 0.05) is 125 Å². The summed E-state index contributed by atoms with van der Waals surface area (Å²) in [5.74, 6) is 0. The minimum atomic E-state index is -0.483. The summed E-state index contributed by atoms with van der Waals surface area (Å²) in [6.45, 7) is 12.3. The van der Waals surface area contributed by atoms with Crippen LogP contribution in [0.15, 0.2) is 119 Å². The molecule has 7 rings (SSSR count). The van der Waals surface area contributed by atoms with Crippen LogP contribution in [0, 0.1) is 93.0 Å². The SMILES string of the molecule is CCCCN(CCCC)c1ccc2c(c1)=C=C=C=C=c1cc([N+](=O)[O-])ccc1=C=C=C=C=c1cc3c#cc#cc4ccc([N+](=O)[O-])cc4c#cc#cc4cc(N(CCCC)CCCC)ccc4c#cc#cc3cc1=C=C=C=C=2. The molecule has 0 spiro atoms. The lowest BCUT2D eigenvalue weighted by Gasteiger charge is -2.24. The molecule has 8 heteroatoms. The van der Waals surface area contributed by atoms with Gasteiger partial charge in [0.15, 0.2) is 0 Å². The minimum absolute atomic E-state index is 0.137. The van der Waals surface area contributed by atoms with Crippen LogP contribution in [0.25, 0.3) is 66.7 Å². The molecule has 0 aliphatic heterocycles. The fraction of sp³-hybridized carbons (Fsp3) is 0.229. The Labute approximate surface area is 455 Å². The lowest BCUT2D eigenvalue weighted by molar-refractivity contribution is -0.385. The van der Waals surface area contributed by atoms with E-state index in [1.54, 1.807) is 24.3 Å². The number of unbranched alkanes of at least 4 members (excludes halogenated alkanes) is 4. The first kappa shape index (κ1) is 55.0. The highest BCUT2D eigenvalue weighted by Gasteiger charge is 2.09. The number of nitro benzene ring substituents is 2. The van der Waals surface area contributed by atoms with Crippen LogP contribution in [0.2, 0.25) is 0 Å². The molecule has 0 radical (unpaired) electrons. The van der Waals surface area contributed by atoms with Gasteiger partial charge in [-0.25, -0.2) is 0 Å². The smallest absolute Gasteiger partial charge is 0.270 e. The van der Waals surface area contributed by atoms with Crippen LogP contribution in [-0.4, -0.2) is 36.0 Å². The largest absolute Gasteiger partial charge is 0.372 e. The standard InChI is InChI=1S/C70H50N4O4/c1-5-9-45-71(46-10-6-2)67-41-37-55-25-13-17-29-59-49-60-30-18-14-26-56-38-42-68(72(47-11-7-3)48-12-8-4)52-64(56)34-22-24-36-66-54-70(74(77)78)44-40-58(66)28-16-20-32-62(60)50-61(59)31-19-15-27-57-39-43-69(73(75)76)53-65(57)35-23-21-33-63(55)51-67/h37-44,49-54H,5-12,45-48H2,1-4H3. The van der Waals surface area contributed by atoms with Crippen molar-refractivity contribution in [2.75, 3.05) is 36.0 Å². The van der Waals surface area contributed by atoms with Crippen molar-refractivity contribution in [1.29, 1.82) is 0 Å². The van der Waals surface area contributed by atoms with Gasteiger partial charge in [-0.3, -0.25) is 20.2 Å². The van der Waals surface area contributed by atoms with Crippen LogP contribution >= 0.6 is 0 Å². The maximum absolute atomic E-state index is 11.8. The van der Waals surface area contributed by atoms with E-state index in [1.807, 2.05) is 24.3 Å². The molecule has 0 saturated heterocycles. The number of nitro groups is 2. The van der Waals surface area contributed by atoms with Gasteiger partial charge in [-0.05, 0) is 157 Å². The zero-order valence-corrected chi connectivity index (χ0v) is 44.0. The van der Waals surface area contributed by atoms with Crippen LogP contribution in [-0.2, 0) is 0 Å². The summed E-state index contributed by atoms with van der Waals surface area (Å²) in [5, 5.41) is 29.7. The van der Waals surface area contributed by atoms with Gasteiger partial charge >= 0.3 is 0 Å². The molecule has 8 nitrogen and oxygen atoms in total. The zero-order chi connectivity index (χ0) is 54.9. The predicted octanol–water partition coefficient (Wildman–Crippen LogP) is 10.0. The van der Waals surface area contributed by atoms with Gasteiger partial charge in [0.1, 0.15) is 0 Å². The van der Waals surface area contributed by atoms with Crippen molar-refractivity contribution in [3.8, 4) is 0 Å². The Hall–Kier alpha value is -10.8. The second-order valence-corrected chi connectivity index (χ2v) is 17.8. The number of anilines is 2. The molecule has 0 aromatic heterocycles. The Morgan fingerprint density at radius 1 is 0.346 bits per heavy atom. The molecule has 78 heavy (non-hydrogen) atoms. The Morgan fingerprint density at radius 3 is 1.09 bits per heavy atom. The highest BCUT2D eigenvalue weighted by molar-refractivity contribution is 5.83. The third-order valence-electron chi connectivity index (χ3n) is 12.2.